The van der Waals surface area contributed by atoms with Gasteiger partial charge in [0, 0.05) is 18.6 Å². The number of aromatic nitrogens is 4. The van der Waals surface area contributed by atoms with E-state index in [0.717, 1.165) is 21.5 Å². The van der Waals surface area contributed by atoms with Gasteiger partial charge in [-0.1, -0.05) is 11.3 Å². The first kappa shape index (κ1) is 17.5. The van der Waals surface area contributed by atoms with Gasteiger partial charge in [-0.2, -0.15) is 0 Å². The van der Waals surface area contributed by atoms with Crippen molar-refractivity contribution in [1.29, 1.82) is 0 Å². The summed E-state index contributed by atoms with van der Waals surface area (Å²) < 4.78 is 1.56. The van der Waals surface area contributed by atoms with Crippen LogP contribution < -0.4 is 0 Å². The van der Waals surface area contributed by atoms with E-state index in [2.05, 4.69) is 15.3 Å². The van der Waals surface area contributed by atoms with Gasteiger partial charge in [0.1, 0.15) is 5.54 Å². The minimum atomic E-state index is -1.36. The van der Waals surface area contributed by atoms with Gasteiger partial charge >= 0.3 is 5.97 Å². The topological polar surface area (TPSA) is 101 Å². The fourth-order valence-electron chi connectivity index (χ4n) is 2.52. The zero-order chi connectivity index (χ0) is 19.1. The predicted molar refractivity (Wildman–Crippen MR) is 95.2 cm³/mol. The summed E-state index contributed by atoms with van der Waals surface area (Å²) in [5.74, 6) is -1.59. The highest BCUT2D eigenvalue weighted by atomic mass is 16.4. The molecule has 3 rings (SSSR count). The first-order valence-electron chi connectivity index (χ1n) is 8.02. The Kier molecular flexibility index (Phi) is 4.19. The highest BCUT2D eigenvalue weighted by molar-refractivity contribution is 5.96. The van der Waals surface area contributed by atoms with Crippen LogP contribution in [0.2, 0.25) is 0 Å². The van der Waals surface area contributed by atoms with Crippen LogP contribution >= 0.6 is 0 Å². The summed E-state index contributed by atoms with van der Waals surface area (Å²) in [6, 6.07) is 9.40. The highest BCUT2D eigenvalue weighted by Crippen LogP contribution is 2.21. The summed E-state index contributed by atoms with van der Waals surface area (Å²) in [5.41, 5.74) is 0.893. The molecule has 8 heteroatoms. The van der Waals surface area contributed by atoms with Crippen LogP contribution in [-0.2, 0) is 4.79 Å². The maximum Gasteiger partial charge on any atom is 0.329 e. The molecule has 1 amide bonds. The maximum atomic E-state index is 12.7. The van der Waals surface area contributed by atoms with Crippen molar-refractivity contribution >= 4 is 22.8 Å². The van der Waals surface area contributed by atoms with Gasteiger partial charge < -0.3 is 10.0 Å². The average molecular weight is 353 g/mol. The second-order valence-corrected chi connectivity index (χ2v) is 6.54. The number of likely N-dealkylation sites (N-methyl/N-ethyl adjacent to an activating group) is 1. The second-order valence-electron chi connectivity index (χ2n) is 6.54. The summed E-state index contributed by atoms with van der Waals surface area (Å²) in [4.78, 5) is 29.5. The Morgan fingerprint density at radius 2 is 1.96 bits per heavy atom. The average Bonchev–Trinajstić information content (AvgIpc) is 3.01. The molecule has 1 N–H and O–H groups in total. The van der Waals surface area contributed by atoms with Crippen molar-refractivity contribution in [1.82, 2.24) is 24.9 Å². The molecule has 0 radical (unpaired) electrons. The molecule has 134 valence electrons. The third-order valence-electron chi connectivity index (χ3n) is 4.59. The molecule has 0 aliphatic carbocycles. The Balaban J connectivity index is 1.99. The number of carbonyl (C=O) groups is 2. The molecular weight excluding hydrogens is 334 g/mol. The molecule has 1 aromatic carbocycles. The van der Waals surface area contributed by atoms with Crippen molar-refractivity contribution in [3.05, 3.63) is 47.9 Å². The zero-order valence-corrected chi connectivity index (χ0v) is 15.0. The fraction of sp³-hybridized carbons (Fsp3) is 0.278. The van der Waals surface area contributed by atoms with E-state index in [1.807, 2.05) is 30.3 Å². The third kappa shape index (κ3) is 2.79. The van der Waals surface area contributed by atoms with Crippen molar-refractivity contribution < 1.29 is 14.7 Å². The molecule has 0 fully saturated rings. The summed E-state index contributed by atoms with van der Waals surface area (Å²) in [6.45, 7) is 4.65. The van der Waals surface area contributed by atoms with Crippen LogP contribution in [0.4, 0.5) is 0 Å². The molecule has 0 saturated heterocycles. The lowest BCUT2D eigenvalue weighted by atomic mass is 10.0. The highest BCUT2D eigenvalue weighted by Gasteiger charge is 2.37. The molecule has 8 nitrogen and oxygen atoms in total. The van der Waals surface area contributed by atoms with Gasteiger partial charge in [0.25, 0.3) is 5.91 Å². The number of hydrogen-bond donors (Lipinski definition) is 1. The van der Waals surface area contributed by atoms with Crippen LogP contribution in [-0.4, -0.2) is 54.4 Å². The molecule has 0 aliphatic rings. The van der Waals surface area contributed by atoms with Gasteiger partial charge in [0.15, 0.2) is 5.69 Å². The lowest BCUT2D eigenvalue weighted by molar-refractivity contribution is -0.147. The van der Waals surface area contributed by atoms with Gasteiger partial charge in [-0.15, -0.1) is 5.10 Å². The number of carboxylic acids is 1. The van der Waals surface area contributed by atoms with E-state index in [-0.39, 0.29) is 5.69 Å². The molecule has 2 aromatic heterocycles. The summed E-state index contributed by atoms with van der Waals surface area (Å²) in [5, 5.41) is 18.3. The van der Waals surface area contributed by atoms with Crippen LogP contribution in [0.1, 0.15) is 30.0 Å². The molecule has 0 aliphatic heterocycles. The molecule has 0 bridgehead atoms. The molecule has 0 saturated carbocycles. The summed E-state index contributed by atoms with van der Waals surface area (Å²) >= 11 is 0. The minimum absolute atomic E-state index is 0.119. The standard InChI is InChI=1S/C18H19N5O3/c1-11-15(16(24)22(4)18(2,3)17(25)26)20-21-23(11)13-7-8-14-12(10-13)6-5-9-19-14/h5-10H,1-4H3,(H,25,26). The Morgan fingerprint density at radius 3 is 2.65 bits per heavy atom. The van der Waals surface area contributed by atoms with Crippen LogP contribution in [0.3, 0.4) is 0 Å². The van der Waals surface area contributed by atoms with Gasteiger partial charge in [0.05, 0.1) is 16.9 Å². The molecule has 26 heavy (non-hydrogen) atoms. The Bertz CT molecular complexity index is 1010. The number of fused-ring (bicyclic) bond motifs is 1. The van der Waals surface area contributed by atoms with E-state index in [9.17, 15) is 14.7 Å². The lowest BCUT2D eigenvalue weighted by Crippen LogP contribution is -2.51. The molecule has 0 atom stereocenters. The second kappa shape index (κ2) is 6.21. The smallest absolute Gasteiger partial charge is 0.329 e. The SMILES string of the molecule is Cc1c(C(=O)N(C)C(C)(C)C(=O)O)nnn1-c1ccc2ncccc2c1. The molecule has 2 heterocycles. The van der Waals surface area contributed by atoms with Crippen molar-refractivity contribution in [3.8, 4) is 5.69 Å². The Morgan fingerprint density at radius 1 is 1.23 bits per heavy atom. The number of aliphatic carboxylic acids is 1. The Labute approximate surface area is 150 Å². The van der Waals surface area contributed by atoms with Crippen molar-refractivity contribution in [3.63, 3.8) is 0 Å². The van der Waals surface area contributed by atoms with Gasteiger partial charge in [-0.05, 0) is 45.0 Å². The number of carbonyl (C=O) groups excluding carboxylic acids is 1. The first-order chi connectivity index (χ1) is 12.2. The molecule has 0 unspecified atom stereocenters. The van der Waals surface area contributed by atoms with Gasteiger partial charge in [-0.25, -0.2) is 9.48 Å². The Hall–Kier alpha value is -3.29. The summed E-state index contributed by atoms with van der Waals surface area (Å²) in [7, 11) is 1.44. The van der Waals surface area contributed by atoms with E-state index >= 15 is 0 Å². The van der Waals surface area contributed by atoms with Gasteiger partial charge in [-0.3, -0.25) is 9.78 Å². The quantitative estimate of drug-likeness (QED) is 0.770. The normalized spacial score (nSPS) is 11.5. The van der Waals surface area contributed by atoms with E-state index in [0.29, 0.717) is 5.69 Å². The van der Waals surface area contributed by atoms with E-state index in [1.54, 1.807) is 17.8 Å². The van der Waals surface area contributed by atoms with E-state index < -0.39 is 17.4 Å². The number of carboxylic acid groups (broad SMARTS) is 1. The number of hydrogen-bond acceptors (Lipinski definition) is 5. The molecule has 3 aromatic rings. The predicted octanol–water partition coefficient (Wildman–Crippen LogP) is 2.06. The van der Waals surface area contributed by atoms with Crippen LogP contribution in [0.5, 0.6) is 0 Å². The number of nitrogens with zero attached hydrogens (tertiary/aromatic N) is 5. The summed E-state index contributed by atoms with van der Waals surface area (Å²) in [6.07, 6.45) is 1.72. The first-order valence-corrected chi connectivity index (χ1v) is 8.02. The minimum Gasteiger partial charge on any atom is -0.480 e. The van der Waals surface area contributed by atoms with E-state index in [4.69, 9.17) is 0 Å². The van der Waals surface area contributed by atoms with Crippen molar-refractivity contribution in [2.75, 3.05) is 7.05 Å². The maximum absolute atomic E-state index is 12.7. The van der Waals surface area contributed by atoms with E-state index in [1.165, 1.54) is 20.9 Å². The monoisotopic (exact) mass is 353 g/mol. The largest absolute Gasteiger partial charge is 0.480 e. The van der Waals surface area contributed by atoms with Crippen molar-refractivity contribution in [2.45, 2.75) is 26.3 Å². The number of benzene rings is 1. The fourth-order valence-corrected chi connectivity index (χ4v) is 2.52. The molecular formula is C18H19N5O3. The number of pyridine rings is 1. The number of rotatable bonds is 4. The van der Waals surface area contributed by atoms with Crippen LogP contribution in [0.25, 0.3) is 16.6 Å². The lowest BCUT2D eigenvalue weighted by Gasteiger charge is -2.30. The van der Waals surface area contributed by atoms with Crippen molar-refractivity contribution in [2.24, 2.45) is 0 Å². The number of amides is 1. The third-order valence-corrected chi connectivity index (χ3v) is 4.59. The van der Waals surface area contributed by atoms with Crippen LogP contribution in [0, 0.1) is 6.92 Å². The molecule has 0 spiro atoms. The zero-order valence-electron chi connectivity index (χ0n) is 15.0. The van der Waals surface area contributed by atoms with Crippen LogP contribution in [0.15, 0.2) is 36.5 Å². The van der Waals surface area contributed by atoms with Gasteiger partial charge in [0.2, 0.25) is 0 Å².